The summed E-state index contributed by atoms with van der Waals surface area (Å²) in [5, 5.41) is 0. The number of hydrogen-bond acceptors (Lipinski definition) is 4. The number of ether oxygens (including phenoxy) is 3. The standard InChI is InChI=1S/C16H23NO4/c1-19-9-10-20-13-16(18)17-8-7-15(11-17)21-12-14-5-3-2-4-6-14/h2-6,15H,7-13H2,1H3/t15-/m0/s1. The van der Waals surface area contributed by atoms with Crippen molar-refractivity contribution in [2.24, 2.45) is 0 Å². The van der Waals surface area contributed by atoms with Crippen molar-refractivity contribution in [3.63, 3.8) is 0 Å². The lowest BCUT2D eigenvalue weighted by Gasteiger charge is -2.17. The van der Waals surface area contributed by atoms with Gasteiger partial charge in [0, 0.05) is 20.2 Å². The van der Waals surface area contributed by atoms with Gasteiger partial charge in [-0.25, -0.2) is 0 Å². The summed E-state index contributed by atoms with van der Waals surface area (Å²) < 4.78 is 16.0. The predicted molar refractivity (Wildman–Crippen MR) is 78.9 cm³/mol. The first-order valence-electron chi connectivity index (χ1n) is 7.29. The first-order valence-corrected chi connectivity index (χ1v) is 7.29. The SMILES string of the molecule is COCCOCC(=O)N1CC[C@H](OCc2ccccc2)C1. The summed E-state index contributed by atoms with van der Waals surface area (Å²) in [5.74, 6) is 0.0249. The third-order valence-corrected chi connectivity index (χ3v) is 3.48. The molecule has 0 aromatic heterocycles. The molecule has 0 unspecified atom stereocenters. The van der Waals surface area contributed by atoms with Crippen LogP contribution >= 0.6 is 0 Å². The lowest BCUT2D eigenvalue weighted by Crippen LogP contribution is -2.33. The number of carbonyl (C=O) groups excluding carboxylic acids is 1. The zero-order valence-electron chi connectivity index (χ0n) is 12.5. The molecule has 116 valence electrons. The van der Waals surface area contributed by atoms with Crippen LogP contribution in [0.4, 0.5) is 0 Å². The van der Waals surface area contributed by atoms with E-state index in [4.69, 9.17) is 14.2 Å². The zero-order valence-corrected chi connectivity index (χ0v) is 12.5. The van der Waals surface area contributed by atoms with Crippen LogP contribution in [0.25, 0.3) is 0 Å². The maximum atomic E-state index is 11.9. The highest BCUT2D eigenvalue weighted by Gasteiger charge is 2.26. The summed E-state index contributed by atoms with van der Waals surface area (Å²) >= 11 is 0. The molecule has 1 amide bonds. The van der Waals surface area contributed by atoms with E-state index in [1.165, 1.54) is 0 Å². The van der Waals surface area contributed by atoms with Crippen molar-refractivity contribution in [3.8, 4) is 0 Å². The Labute approximate surface area is 125 Å². The van der Waals surface area contributed by atoms with Gasteiger partial charge in [0.25, 0.3) is 0 Å². The van der Waals surface area contributed by atoms with Crippen molar-refractivity contribution in [1.82, 2.24) is 4.90 Å². The van der Waals surface area contributed by atoms with Crippen molar-refractivity contribution in [1.29, 1.82) is 0 Å². The van der Waals surface area contributed by atoms with Crippen LogP contribution in [0.2, 0.25) is 0 Å². The van der Waals surface area contributed by atoms with Crippen LogP contribution in [0.3, 0.4) is 0 Å². The minimum atomic E-state index is 0.0249. The third-order valence-electron chi connectivity index (χ3n) is 3.48. The minimum Gasteiger partial charge on any atom is -0.382 e. The second kappa shape index (κ2) is 8.77. The Morgan fingerprint density at radius 2 is 2.10 bits per heavy atom. The lowest BCUT2D eigenvalue weighted by atomic mass is 10.2. The Morgan fingerprint density at radius 3 is 2.86 bits per heavy atom. The van der Waals surface area contributed by atoms with Gasteiger partial charge in [-0.2, -0.15) is 0 Å². The summed E-state index contributed by atoms with van der Waals surface area (Å²) in [6.45, 7) is 3.07. The van der Waals surface area contributed by atoms with Crippen LogP contribution in [0.5, 0.6) is 0 Å². The minimum absolute atomic E-state index is 0.0249. The third kappa shape index (κ3) is 5.46. The smallest absolute Gasteiger partial charge is 0.248 e. The average Bonchev–Trinajstić information content (AvgIpc) is 2.99. The van der Waals surface area contributed by atoms with Crippen molar-refractivity contribution in [2.45, 2.75) is 19.1 Å². The fraction of sp³-hybridized carbons (Fsp3) is 0.562. The molecule has 1 saturated heterocycles. The lowest BCUT2D eigenvalue weighted by molar-refractivity contribution is -0.136. The summed E-state index contributed by atoms with van der Waals surface area (Å²) in [6.07, 6.45) is 1.00. The number of likely N-dealkylation sites (tertiary alicyclic amines) is 1. The molecule has 0 N–H and O–H groups in total. The van der Waals surface area contributed by atoms with E-state index in [1.54, 1.807) is 7.11 Å². The maximum Gasteiger partial charge on any atom is 0.248 e. The van der Waals surface area contributed by atoms with Crippen molar-refractivity contribution in [3.05, 3.63) is 35.9 Å². The molecule has 0 bridgehead atoms. The number of hydrogen-bond donors (Lipinski definition) is 0. The molecular formula is C16H23NO4. The molecule has 1 aromatic carbocycles. The molecule has 0 spiro atoms. The quantitative estimate of drug-likeness (QED) is 0.681. The maximum absolute atomic E-state index is 11.9. The van der Waals surface area contributed by atoms with Crippen LogP contribution in [-0.2, 0) is 25.6 Å². The topological polar surface area (TPSA) is 48.0 Å². The van der Waals surface area contributed by atoms with Gasteiger partial charge in [0.15, 0.2) is 0 Å². The van der Waals surface area contributed by atoms with Crippen LogP contribution in [-0.4, -0.2) is 56.9 Å². The summed E-state index contributed by atoms with van der Waals surface area (Å²) in [6, 6.07) is 10.1. The number of rotatable bonds is 8. The largest absolute Gasteiger partial charge is 0.382 e. The summed E-state index contributed by atoms with van der Waals surface area (Å²) in [7, 11) is 1.61. The number of benzene rings is 1. The number of methoxy groups -OCH3 is 1. The Bertz CT molecular complexity index is 424. The van der Waals surface area contributed by atoms with Gasteiger partial charge in [0.05, 0.1) is 25.9 Å². The van der Waals surface area contributed by atoms with Crippen LogP contribution in [0.1, 0.15) is 12.0 Å². The Morgan fingerprint density at radius 1 is 1.29 bits per heavy atom. The van der Waals surface area contributed by atoms with Gasteiger partial charge in [-0.1, -0.05) is 30.3 Å². The van der Waals surface area contributed by atoms with E-state index in [9.17, 15) is 4.79 Å². The highest BCUT2D eigenvalue weighted by atomic mass is 16.5. The second-order valence-electron chi connectivity index (χ2n) is 5.09. The van der Waals surface area contributed by atoms with Gasteiger partial charge in [-0.15, -0.1) is 0 Å². The van der Waals surface area contributed by atoms with Crippen LogP contribution in [0, 0.1) is 0 Å². The summed E-state index contributed by atoms with van der Waals surface area (Å²) in [5.41, 5.74) is 1.16. The predicted octanol–water partition coefficient (Wildman–Crippen LogP) is 1.47. The van der Waals surface area contributed by atoms with Gasteiger partial charge in [0.1, 0.15) is 6.61 Å². The first-order chi connectivity index (χ1) is 10.3. The number of amides is 1. The molecule has 1 aliphatic heterocycles. The van der Waals surface area contributed by atoms with E-state index in [2.05, 4.69) is 0 Å². The highest BCUT2D eigenvalue weighted by Crippen LogP contribution is 2.15. The van der Waals surface area contributed by atoms with Crippen LogP contribution in [0.15, 0.2) is 30.3 Å². The van der Waals surface area contributed by atoms with Crippen molar-refractivity contribution < 1.29 is 19.0 Å². The van der Waals surface area contributed by atoms with Crippen LogP contribution < -0.4 is 0 Å². The molecule has 1 fully saturated rings. The van der Waals surface area contributed by atoms with E-state index >= 15 is 0 Å². The first kappa shape index (κ1) is 15.9. The molecule has 0 radical (unpaired) electrons. The Balaban J connectivity index is 1.65. The zero-order chi connectivity index (χ0) is 14.9. The fourth-order valence-corrected chi connectivity index (χ4v) is 2.27. The molecule has 2 rings (SSSR count). The highest BCUT2D eigenvalue weighted by molar-refractivity contribution is 5.77. The normalized spacial score (nSPS) is 18.1. The van der Waals surface area contributed by atoms with Gasteiger partial charge in [-0.05, 0) is 12.0 Å². The molecule has 5 heteroatoms. The Kier molecular flexibility index (Phi) is 6.66. The Hall–Kier alpha value is -1.43. The van der Waals surface area contributed by atoms with Crippen molar-refractivity contribution in [2.75, 3.05) is 40.0 Å². The molecule has 1 heterocycles. The van der Waals surface area contributed by atoms with Gasteiger partial charge in [0.2, 0.25) is 5.91 Å². The molecule has 5 nitrogen and oxygen atoms in total. The number of nitrogens with zero attached hydrogens (tertiary/aromatic N) is 1. The van der Waals surface area contributed by atoms with Gasteiger partial charge in [-0.3, -0.25) is 4.79 Å². The van der Waals surface area contributed by atoms with Crippen molar-refractivity contribution >= 4 is 5.91 Å². The van der Waals surface area contributed by atoms with Gasteiger partial charge < -0.3 is 19.1 Å². The molecule has 1 atom stereocenters. The van der Waals surface area contributed by atoms with E-state index in [0.717, 1.165) is 18.5 Å². The molecular weight excluding hydrogens is 270 g/mol. The second-order valence-corrected chi connectivity index (χ2v) is 5.09. The molecule has 0 saturated carbocycles. The van der Waals surface area contributed by atoms with E-state index in [-0.39, 0.29) is 18.6 Å². The van der Waals surface area contributed by atoms with E-state index < -0.39 is 0 Å². The molecule has 21 heavy (non-hydrogen) atoms. The average molecular weight is 293 g/mol. The fourth-order valence-electron chi connectivity index (χ4n) is 2.27. The number of carbonyl (C=O) groups is 1. The molecule has 1 aliphatic rings. The molecule has 1 aromatic rings. The summed E-state index contributed by atoms with van der Waals surface area (Å²) in [4.78, 5) is 13.7. The monoisotopic (exact) mass is 293 g/mol. The van der Waals surface area contributed by atoms with Gasteiger partial charge >= 0.3 is 0 Å². The van der Waals surface area contributed by atoms with E-state index in [1.807, 2.05) is 35.2 Å². The molecule has 0 aliphatic carbocycles. The van der Waals surface area contributed by atoms with E-state index in [0.29, 0.717) is 26.4 Å².